The SMILES string of the molecule is O=C(c1ccncc1)N1CCCN(C[C@H](O)CC2CCCC2)CC1. The fraction of sp³-hybridized carbons (Fsp3) is 0.684. The molecular weight excluding hydrogens is 302 g/mol. The van der Waals surface area contributed by atoms with Crippen LogP contribution in [0.5, 0.6) is 0 Å². The molecule has 0 radical (unpaired) electrons. The molecule has 1 aromatic rings. The summed E-state index contributed by atoms with van der Waals surface area (Å²) in [5.74, 6) is 0.808. The lowest BCUT2D eigenvalue weighted by atomic mass is 10.00. The lowest BCUT2D eigenvalue weighted by molar-refractivity contribution is 0.0746. The highest BCUT2D eigenvalue weighted by atomic mass is 16.3. The highest BCUT2D eigenvalue weighted by Crippen LogP contribution is 2.28. The number of hydrogen-bond acceptors (Lipinski definition) is 4. The van der Waals surface area contributed by atoms with Gasteiger partial charge >= 0.3 is 0 Å². The van der Waals surface area contributed by atoms with Crippen LogP contribution in [0.2, 0.25) is 0 Å². The molecule has 0 spiro atoms. The molecule has 1 N–H and O–H groups in total. The number of rotatable bonds is 5. The van der Waals surface area contributed by atoms with Crippen LogP contribution in [0.1, 0.15) is 48.9 Å². The van der Waals surface area contributed by atoms with E-state index in [1.807, 2.05) is 4.90 Å². The molecule has 2 aliphatic rings. The molecule has 2 fully saturated rings. The van der Waals surface area contributed by atoms with E-state index in [4.69, 9.17) is 0 Å². The van der Waals surface area contributed by atoms with Crippen molar-refractivity contribution in [3.63, 3.8) is 0 Å². The maximum Gasteiger partial charge on any atom is 0.254 e. The van der Waals surface area contributed by atoms with Crippen LogP contribution in [0, 0.1) is 5.92 Å². The monoisotopic (exact) mass is 331 g/mol. The first kappa shape index (κ1) is 17.4. The van der Waals surface area contributed by atoms with Crippen LogP contribution in [0.15, 0.2) is 24.5 Å². The maximum absolute atomic E-state index is 12.5. The van der Waals surface area contributed by atoms with Gasteiger partial charge in [0.2, 0.25) is 0 Å². The number of aliphatic hydroxyl groups is 1. The minimum atomic E-state index is -0.226. The molecule has 3 rings (SSSR count). The van der Waals surface area contributed by atoms with Gasteiger partial charge in [0.15, 0.2) is 0 Å². The van der Waals surface area contributed by atoms with E-state index < -0.39 is 0 Å². The Hall–Kier alpha value is -1.46. The fourth-order valence-corrected chi connectivity index (χ4v) is 4.04. The molecule has 1 atom stereocenters. The van der Waals surface area contributed by atoms with E-state index in [1.165, 1.54) is 25.7 Å². The smallest absolute Gasteiger partial charge is 0.254 e. The van der Waals surface area contributed by atoms with Crippen LogP contribution in [-0.2, 0) is 0 Å². The summed E-state index contributed by atoms with van der Waals surface area (Å²) in [6.45, 7) is 4.07. The summed E-state index contributed by atoms with van der Waals surface area (Å²) in [6, 6.07) is 3.55. The molecule has 132 valence electrons. The van der Waals surface area contributed by atoms with Gasteiger partial charge in [-0.15, -0.1) is 0 Å². The van der Waals surface area contributed by atoms with Gasteiger partial charge in [-0.3, -0.25) is 14.7 Å². The second-order valence-corrected chi connectivity index (χ2v) is 7.22. The van der Waals surface area contributed by atoms with E-state index in [2.05, 4.69) is 9.88 Å². The Labute approximate surface area is 144 Å². The molecule has 1 aromatic heterocycles. The van der Waals surface area contributed by atoms with E-state index in [1.54, 1.807) is 24.5 Å². The van der Waals surface area contributed by atoms with Gasteiger partial charge in [-0.2, -0.15) is 0 Å². The van der Waals surface area contributed by atoms with Crippen LogP contribution in [0.4, 0.5) is 0 Å². The van der Waals surface area contributed by atoms with Crippen molar-refractivity contribution in [3.05, 3.63) is 30.1 Å². The van der Waals surface area contributed by atoms with Gasteiger partial charge in [-0.25, -0.2) is 0 Å². The number of carbonyl (C=O) groups is 1. The average Bonchev–Trinajstić information content (AvgIpc) is 2.99. The first-order valence-electron chi connectivity index (χ1n) is 9.32. The summed E-state index contributed by atoms with van der Waals surface area (Å²) in [5, 5.41) is 10.4. The fourth-order valence-electron chi connectivity index (χ4n) is 4.04. The summed E-state index contributed by atoms with van der Waals surface area (Å²) in [4.78, 5) is 20.8. The number of aromatic nitrogens is 1. The van der Waals surface area contributed by atoms with Crippen LogP contribution in [0.25, 0.3) is 0 Å². The average molecular weight is 331 g/mol. The Morgan fingerprint density at radius 2 is 1.88 bits per heavy atom. The minimum absolute atomic E-state index is 0.0887. The van der Waals surface area contributed by atoms with Crippen LogP contribution >= 0.6 is 0 Å². The Morgan fingerprint density at radius 3 is 2.62 bits per heavy atom. The van der Waals surface area contributed by atoms with Gasteiger partial charge in [-0.1, -0.05) is 25.7 Å². The highest BCUT2D eigenvalue weighted by Gasteiger charge is 2.23. The number of pyridine rings is 1. The standard InChI is InChI=1S/C19H29N3O2/c23-18(14-16-4-1-2-5-16)15-21-10-3-11-22(13-12-21)19(24)17-6-8-20-9-7-17/h6-9,16,18,23H,1-5,10-15H2/t18-/m1/s1. The predicted molar refractivity (Wildman–Crippen MR) is 93.8 cm³/mol. The Bertz CT molecular complexity index is 517. The van der Waals surface area contributed by atoms with Crippen molar-refractivity contribution in [3.8, 4) is 0 Å². The molecule has 5 heteroatoms. The van der Waals surface area contributed by atoms with E-state index >= 15 is 0 Å². The van der Waals surface area contributed by atoms with Crippen LogP contribution in [-0.4, -0.2) is 64.6 Å². The predicted octanol–water partition coefficient (Wildman–Crippen LogP) is 2.17. The molecule has 24 heavy (non-hydrogen) atoms. The third kappa shape index (κ3) is 4.77. The topological polar surface area (TPSA) is 56.7 Å². The molecule has 1 aliphatic carbocycles. The maximum atomic E-state index is 12.5. The zero-order valence-electron chi connectivity index (χ0n) is 14.4. The first-order valence-corrected chi connectivity index (χ1v) is 9.32. The molecule has 1 amide bonds. The second kappa shape index (κ2) is 8.58. The number of nitrogens with zero attached hydrogens (tertiary/aromatic N) is 3. The number of amides is 1. The van der Waals surface area contributed by atoms with Crippen molar-refractivity contribution in [2.75, 3.05) is 32.7 Å². The summed E-state index contributed by atoms with van der Waals surface area (Å²) >= 11 is 0. The van der Waals surface area contributed by atoms with Gasteiger partial charge in [0.05, 0.1) is 6.10 Å². The number of hydrogen-bond donors (Lipinski definition) is 1. The van der Waals surface area contributed by atoms with Crippen LogP contribution < -0.4 is 0 Å². The summed E-state index contributed by atoms with van der Waals surface area (Å²) in [6.07, 6.45) is 10.2. The third-order valence-electron chi connectivity index (χ3n) is 5.35. The summed E-state index contributed by atoms with van der Waals surface area (Å²) in [5.41, 5.74) is 0.708. The summed E-state index contributed by atoms with van der Waals surface area (Å²) in [7, 11) is 0. The van der Waals surface area contributed by atoms with Crippen molar-refractivity contribution >= 4 is 5.91 Å². The molecule has 1 saturated heterocycles. The zero-order valence-corrected chi connectivity index (χ0v) is 14.4. The van der Waals surface area contributed by atoms with Crippen molar-refractivity contribution in [2.24, 2.45) is 5.92 Å². The molecule has 2 heterocycles. The van der Waals surface area contributed by atoms with Gasteiger partial charge in [-0.05, 0) is 37.4 Å². The number of β-amino-alcohol motifs (C(OH)–C–C–N with tert-alkyl or cyclic N) is 1. The van der Waals surface area contributed by atoms with Gasteiger partial charge in [0, 0.05) is 44.1 Å². The normalized spacial score (nSPS) is 21.6. The van der Waals surface area contributed by atoms with Gasteiger partial charge in [0.1, 0.15) is 0 Å². The van der Waals surface area contributed by atoms with E-state index in [0.29, 0.717) is 5.56 Å². The van der Waals surface area contributed by atoms with Crippen molar-refractivity contribution < 1.29 is 9.90 Å². The molecule has 1 aliphatic heterocycles. The van der Waals surface area contributed by atoms with Crippen LogP contribution in [0.3, 0.4) is 0 Å². The molecule has 0 unspecified atom stereocenters. The van der Waals surface area contributed by atoms with Crippen molar-refractivity contribution in [1.29, 1.82) is 0 Å². The Balaban J connectivity index is 1.47. The third-order valence-corrected chi connectivity index (χ3v) is 5.35. The van der Waals surface area contributed by atoms with Crippen molar-refractivity contribution in [2.45, 2.75) is 44.6 Å². The minimum Gasteiger partial charge on any atom is -0.392 e. The largest absolute Gasteiger partial charge is 0.392 e. The van der Waals surface area contributed by atoms with Crippen molar-refractivity contribution in [1.82, 2.24) is 14.8 Å². The quantitative estimate of drug-likeness (QED) is 0.898. The van der Waals surface area contributed by atoms with E-state index in [0.717, 1.165) is 51.5 Å². The van der Waals surface area contributed by atoms with E-state index in [-0.39, 0.29) is 12.0 Å². The highest BCUT2D eigenvalue weighted by molar-refractivity contribution is 5.94. The number of carbonyl (C=O) groups excluding carboxylic acids is 1. The first-order chi connectivity index (χ1) is 11.7. The lowest BCUT2D eigenvalue weighted by Gasteiger charge is -2.25. The van der Waals surface area contributed by atoms with E-state index in [9.17, 15) is 9.90 Å². The lowest BCUT2D eigenvalue weighted by Crippen LogP contribution is -2.38. The zero-order chi connectivity index (χ0) is 16.8. The molecule has 5 nitrogen and oxygen atoms in total. The summed E-state index contributed by atoms with van der Waals surface area (Å²) < 4.78 is 0. The molecule has 0 bridgehead atoms. The second-order valence-electron chi connectivity index (χ2n) is 7.22. The molecule has 0 aromatic carbocycles. The Kier molecular flexibility index (Phi) is 6.21. The Morgan fingerprint density at radius 1 is 1.12 bits per heavy atom. The molecular formula is C19H29N3O2. The van der Waals surface area contributed by atoms with Gasteiger partial charge in [0.25, 0.3) is 5.91 Å². The van der Waals surface area contributed by atoms with Gasteiger partial charge < -0.3 is 10.0 Å². The number of aliphatic hydroxyl groups excluding tert-OH is 1. The molecule has 1 saturated carbocycles.